The first-order chi connectivity index (χ1) is 13.8. The molecule has 5 nitrogen and oxygen atoms in total. The van der Waals surface area contributed by atoms with Gasteiger partial charge in [0.1, 0.15) is 12.9 Å². The molecule has 4 rings (SSSR count). The molecule has 0 aliphatic carbocycles. The summed E-state index contributed by atoms with van der Waals surface area (Å²) in [6.45, 7) is 3.02. The standard InChI is InChI=1S/C23H21N3O2/c1-2-27-23-14-19(12-13-22(23)28-16-18-8-4-3-5-9-18)15-25-26-17-24-20-10-6-7-11-21(20)26/h3-15,17H,2,16H2,1H3/b25-15-. The van der Waals surface area contributed by atoms with Crippen molar-refractivity contribution >= 4 is 17.2 Å². The van der Waals surface area contributed by atoms with Gasteiger partial charge in [0.2, 0.25) is 0 Å². The van der Waals surface area contributed by atoms with E-state index in [4.69, 9.17) is 9.47 Å². The molecule has 3 aromatic carbocycles. The molecular formula is C23H21N3O2. The fourth-order valence-corrected chi connectivity index (χ4v) is 2.89. The number of para-hydroxylation sites is 2. The van der Waals surface area contributed by atoms with Crippen LogP contribution in [0.3, 0.4) is 0 Å². The Kier molecular flexibility index (Phi) is 5.33. The predicted octanol–water partition coefficient (Wildman–Crippen LogP) is 4.90. The Hall–Kier alpha value is -3.60. The second-order valence-corrected chi connectivity index (χ2v) is 6.24. The zero-order valence-corrected chi connectivity index (χ0v) is 15.7. The number of imidazole rings is 1. The fraction of sp³-hybridized carbons (Fsp3) is 0.130. The van der Waals surface area contributed by atoms with Gasteiger partial charge in [-0.25, -0.2) is 9.66 Å². The Bertz CT molecular complexity index is 1090. The molecule has 0 aliphatic heterocycles. The monoisotopic (exact) mass is 371 g/mol. The maximum absolute atomic E-state index is 5.95. The van der Waals surface area contributed by atoms with Crippen LogP contribution >= 0.6 is 0 Å². The zero-order valence-electron chi connectivity index (χ0n) is 15.7. The molecule has 0 fully saturated rings. The van der Waals surface area contributed by atoms with Gasteiger partial charge in [-0.3, -0.25) is 0 Å². The van der Waals surface area contributed by atoms with E-state index in [1.807, 2.05) is 79.7 Å². The van der Waals surface area contributed by atoms with E-state index >= 15 is 0 Å². The van der Waals surface area contributed by atoms with Crippen molar-refractivity contribution in [2.75, 3.05) is 6.61 Å². The molecule has 0 radical (unpaired) electrons. The summed E-state index contributed by atoms with van der Waals surface area (Å²) in [4.78, 5) is 4.35. The van der Waals surface area contributed by atoms with Crippen LogP contribution in [0.25, 0.3) is 11.0 Å². The van der Waals surface area contributed by atoms with Crippen molar-refractivity contribution in [3.63, 3.8) is 0 Å². The molecule has 0 unspecified atom stereocenters. The average molecular weight is 371 g/mol. The number of hydrogen-bond donors (Lipinski definition) is 0. The first-order valence-electron chi connectivity index (χ1n) is 9.23. The van der Waals surface area contributed by atoms with Crippen molar-refractivity contribution in [1.82, 2.24) is 9.66 Å². The molecule has 0 N–H and O–H groups in total. The number of aromatic nitrogens is 2. The third kappa shape index (κ3) is 4.04. The number of rotatable bonds is 7. The van der Waals surface area contributed by atoms with Crippen LogP contribution in [0.2, 0.25) is 0 Å². The molecule has 0 saturated heterocycles. The second-order valence-electron chi connectivity index (χ2n) is 6.24. The van der Waals surface area contributed by atoms with Gasteiger partial charge >= 0.3 is 0 Å². The summed E-state index contributed by atoms with van der Waals surface area (Å²) in [5.41, 5.74) is 3.92. The van der Waals surface area contributed by atoms with E-state index in [1.165, 1.54) is 0 Å². The molecule has 28 heavy (non-hydrogen) atoms. The van der Waals surface area contributed by atoms with Gasteiger partial charge in [0, 0.05) is 0 Å². The lowest BCUT2D eigenvalue weighted by Crippen LogP contribution is -2.00. The highest BCUT2D eigenvalue weighted by molar-refractivity contribution is 5.82. The molecule has 0 spiro atoms. The Balaban J connectivity index is 1.54. The third-order valence-corrected chi connectivity index (χ3v) is 4.27. The van der Waals surface area contributed by atoms with E-state index in [9.17, 15) is 0 Å². The molecule has 4 aromatic rings. The van der Waals surface area contributed by atoms with E-state index in [2.05, 4.69) is 10.1 Å². The van der Waals surface area contributed by atoms with Gasteiger partial charge in [-0.2, -0.15) is 5.10 Å². The lowest BCUT2D eigenvalue weighted by atomic mass is 10.2. The van der Waals surface area contributed by atoms with Crippen LogP contribution in [0, 0.1) is 0 Å². The summed E-state index contributed by atoms with van der Waals surface area (Å²) in [5.74, 6) is 1.42. The number of ether oxygens (including phenoxy) is 2. The lowest BCUT2D eigenvalue weighted by molar-refractivity contribution is 0.269. The molecule has 5 heteroatoms. The zero-order chi connectivity index (χ0) is 19.2. The molecule has 140 valence electrons. The Morgan fingerprint density at radius 2 is 1.75 bits per heavy atom. The lowest BCUT2D eigenvalue weighted by Gasteiger charge is -2.12. The minimum atomic E-state index is 0.495. The molecule has 0 amide bonds. The minimum Gasteiger partial charge on any atom is -0.490 e. The minimum absolute atomic E-state index is 0.495. The van der Waals surface area contributed by atoms with Gasteiger partial charge in [-0.15, -0.1) is 0 Å². The van der Waals surface area contributed by atoms with Crippen LogP contribution in [0.5, 0.6) is 11.5 Å². The van der Waals surface area contributed by atoms with Crippen LogP contribution in [-0.2, 0) is 6.61 Å². The van der Waals surface area contributed by atoms with Crippen molar-refractivity contribution in [2.24, 2.45) is 5.10 Å². The van der Waals surface area contributed by atoms with Crippen molar-refractivity contribution in [3.05, 3.63) is 90.3 Å². The first kappa shape index (κ1) is 17.8. The topological polar surface area (TPSA) is 48.6 Å². The van der Waals surface area contributed by atoms with Crippen LogP contribution in [-0.4, -0.2) is 22.5 Å². The van der Waals surface area contributed by atoms with Gasteiger partial charge in [-0.1, -0.05) is 42.5 Å². The second kappa shape index (κ2) is 8.39. The Morgan fingerprint density at radius 1 is 0.929 bits per heavy atom. The molecule has 1 heterocycles. The quantitative estimate of drug-likeness (QED) is 0.434. The Morgan fingerprint density at radius 3 is 2.61 bits per heavy atom. The number of hydrogen-bond acceptors (Lipinski definition) is 4. The van der Waals surface area contributed by atoms with Crippen molar-refractivity contribution < 1.29 is 9.47 Å². The number of nitrogens with zero attached hydrogens (tertiary/aromatic N) is 3. The smallest absolute Gasteiger partial charge is 0.161 e. The fourth-order valence-electron chi connectivity index (χ4n) is 2.89. The maximum Gasteiger partial charge on any atom is 0.161 e. The highest BCUT2D eigenvalue weighted by atomic mass is 16.5. The van der Waals surface area contributed by atoms with Gasteiger partial charge < -0.3 is 9.47 Å². The molecule has 0 bridgehead atoms. The maximum atomic E-state index is 5.95. The van der Waals surface area contributed by atoms with Crippen molar-refractivity contribution in [3.8, 4) is 11.5 Å². The Labute approximate surface area is 163 Å². The third-order valence-electron chi connectivity index (χ3n) is 4.27. The molecule has 0 aliphatic rings. The molecule has 1 aromatic heterocycles. The summed E-state index contributed by atoms with van der Waals surface area (Å²) in [7, 11) is 0. The van der Waals surface area contributed by atoms with Crippen LogP contribution in [0.4, 0.5) is 0 Å². The van der Waals surface area contributed by atoms with Gasteiger partial charge in [0.25, 0.3) is 0 Å². The summed E-state index contributed by atoms with van der Waals surface area (Å²) >= 11 is 0. The van der Waals surface area contributed by atoms with Gasteiger partial charge in [0.15, 0.2) is 11.5 Å². The van der Waals surface area contributed by atoms with Crippen LogP contribution in [0.1, 0.15) is 18.1 Å². The predicted molar refractivity (Wildman–Crippen MR) is 111 cm³/mol. The summed E-state index contributed by atoms with van der Waals surface area (Å²) in [5, 5.41) is 4.52. The van der Waals surface area contributed by atoms with Crippen LogP contribution < -0.4 is 9.47 Å². The van der Waals surface area contributed by atoms with Crippen molar-refractivity contribution in [2.45, 2.75) is 13.5 Å². The first-order valence-corrected chi connectivity index (χ1v) is 9.23. The molecule has 0 atom stereocenters. The van der Waals surface area contributed by atoms with Crippen molar-refractivity contribution in [1.29, 1.82) is 0 Å². The van der Waals surface area contributed by atoms with E-state index < -0.39 is 0 Å². The summed E-state index contributed by atoms with van der Waals surface area (Å²) in [6.07, 6.45) is 3.50. The summed E-state index contributed by atoms with van der Waals surface area (Å²) < 4.78 is 13.5. The highest BCUT2D eigenvalue weighted by Crippen LogP contribution is 2.29. The average Bonchev–Trinajstić information content (AvgIpc) is 3.16. The van der Waals surface area contributed by atoms with E-state index in [0.717, 1.165) is 27.9 Å². The SMILES string of the molecule is CCOc1cc(/C=N\n2cnc3ccccc32)ccc1OCc1ccccc1. The van der Waals surface area contributed by atoms with Gasteiger partial charge in [-0.05, 0) is 48.4 Å². The summed E-state index contributed by atoms with van der Waals surface area (Å²) in [6, 6.07) is 23.8. The van der Waals surface area contributed by atoms with Gasteiger partial charge in [0.05, 0.1) is 23.9 Å². The van der Waals surface area contributed by atoms with Crippen LogP contribution in [0.15, 0.2) is 84.2 Å². The van der Waals surface area contributed by atoms with E-state index in [-0.39, 0.29) is 0 Å². The normalized spacial score (nSPS) is 11.2. The molecular weight excluding hydrogens is 350 g/mol. The largest absolute Gasteiger partial charge is 0.490 e. The molecule has 0 saturated carbocycles. The van der Waals surface area contributed by atoms with E-state index in [0.29, 0.717) is 19.0 Å². The number of fused-ring (bicyclic) bond motifs is 1. The highest BCUT2D eigenvalue weighted by Gasteiger charge is 2.07. The number of benzene rings is 3. The van der Waals surface area contributed by atoms with E-state index in [1.54, 1.807) is 17.2 Å².